The quantitative estimate of drug-likeness (QED) is 0.738. The molecule has 1 aliphatic heterocycles. The van der Waals surface area contributed by atoms with Crippen LogP contribution in [0.4, 0.5) is 5.69 Å². The lowest BCUT2D eigenvalue weighted by Crippen LogP contribution is -2.51. The molecule has 0 aliphatic carbocycles. The first-order valence-corrected chi connectivity index (χ1v) is 10.8. The van der Waals surface area contributed by atoms with Crippen molar-refractivity contribution in [3.05, 3.63) is 51.7 Å². The van der Waals surface area contributed by atoms with Crippen molar-refractivity contribution in [3.63, 3.8) is 0 Å². The Kier molecular flexibility index (Phi) is 6.87. The lowest BCUT2D eigenvalue weighted by atomic mass is 10.1. The molecule has 4 nitrogen and oxygen atoms in total. The smallest absolute Gasteiger partial charge is 0.171 e. The summed E-state index contributed by atoms with van der Waals surface area (Å²) in [6.07, 6.45) is 0. The lowest BCUT2D eigenvalue weighted by molar-refractivity contribution is 0.0990. The topological polar surface area (TPSA) is 30.5 Å². The van der Waals surface area contributed by atoms with Crippen LogP contribution in [0, 0.1) is 13.8 Å². The third-order valence-electron chi connectivity index (χ3n) is 5.45. The Morgan fingerprint density at radius 2 is 1.85 bits per heavy atom. The minimum absolute atomic E-state index is 0.220. The number of thiocarbonyl (C=S) groups is 1. The van der Waals surface area contributed by atoms with Crippen LogP contribution in [-0.2, 0) is 0 Å². The van der Waals surface area contributed by atoms with E-state index in [1.54, 1.807) is 0 Å². The van der Waals surface area contributed by atoms with Crippen LogP contribution < -0.4 is 10.6 Å². The number of aryl methyl sites for hydroxylation is 1. The van der Waals surface area contributed by atoms with Gasteiger partial charge in [-0.05, 0) is 68.7 Å². The van der Waals surface area contributed by atoms with Crippen LogP contribution in [0.2, 0.25) is 0 Å². The number of likely N-dealkylation sites (N-methyl/N-ethyl adjacent to an activating group) is 1. The van der Waals surface area contributed by atoms with E-state index in [4.69, 9.17) is 12.2 Å². The van der Waals surface area contributed by atoms with Gasteiger partial charge in [-0.15, -0.1) is 11.3 Å². The summed E-state index contributed by atoms with van der Waals surface area (Å²) >= 11 is 7.47. The zero-order valence-corrected chi connectivity index (χ0v) is 18.3. The van der Waals surface area contributed by atoms with Gasteiger partial charge >= 0.3 is 0 Å². The molecule has 1 aliphatic rings. The summed E-state index contributed by atoms with van der Waals surface area (Å²) in [5.74, 6) is 0. The van der Waals surface area contributed by atoms with Crippen molar-refractivity contribution in [1.29, 1.82) is 0 Å². The zero-order valence-electron chi connectivity index (χ0n) is 16.7. The van der Waals surface area contributed by atoms with Gasteiger partial charge in [-0.25, -0.2) is 0 Å². The van der Waals surface area contributed by atoms with Gasteiger partial charge in [0.25, 0.3) is 0 Å². The fraction of sp³-hybridized carbons (Fsp3) is 0.476. The molecule has 2 N–H and O–H groups in total. The summed E-state index contributed by atoms with van der Waals surface area (Å²) < 4.78 is 0. The molecular formula is C21H30N4S2. The third kappa shape index (κ3) is 5.08. The maximum Gasteiger partial charge on any atom is 0.171 e. The highest BCUT2D eigenvalue weighted by molar-refractivity contribution is 7.80. The minimum atomic E-state index is 0.220. The number of benzene rings is 1. The first kappa shape index (κ1) is 20.3. The second-order valence-corrected chi connectivity index (χ2v) is 8.82. The van der Waals surface area contributed by atoms with Gasteiger partial charge in [-0.1, -0.05) is 18.2 Å². The van der Waals surface area contributed by atoms with E-state index < -0.39 is 0 Å². The van der Waals surface area contributed by atoms with Crippen molar-refractivity contribution in [3.8, 4) is 0 Å². The summed E-state index contributed by atoms with van der Waals surface area (Å²) in [5.41, 5.74) is 3.58. The molecule has 0 radical (unpaired) electrons. The van der Waals surface area contributed by atoms with Crippen LogP contribution >= 0.6 is 23.6 Å². The van der Waals surface area contributed by atoms with Crippen LogP contribution in [0.15, 0.2) is 35.7 Å². The van der Waals surface area contributed by atoms with Gasteiger partial charge in [0, 0.05) is 42.8 Å². The molecule has 3 rings (SSSR count). The Morgan fingerprint density at radius 3 is 2.52 bits per heavy atom. The third-order valence-corrected chi connectivity index (χ3v) is 6.61. The van der Waals surface area contributed by atoms with Gasteiger partial charge in [-0.3, -0.25) is 4.90 Å². The molecule has 2 atom stereocenters. The number of thiophene rings is 1. The zero-order chi connectivity index (χ0) is 19.4. The maximum atomic E-state index is 5.64. The predicted molar refractivity (Wildman–Crippen MR) is 121 cm³/mol. The Morgan fingerprint density at radius 1 is 1.11 bits per heavy atom. The number of nitrogens with zero attached hydrogens (tertiary/aromatic N) is 2. The monoisotopic (exact) mass is 402 g/mol. The molecule has 2 heterocycles. The molecule has 0 saturated carbocycles. The van der Waals surface area contributed by atoms with Gasteiger partial charge in [0.2, 0.25) is 0 Å². The van der Waals surface area contributed by atoms with Crippen LogP contribution in [-0.4, -0.2) is 54.2 Å². The van der Waals surface area contributed by atoms with E-state index in [9.17, 15) is 0 Å². The molecule has 1 fully saturated rings. The number of nitrogens with one attached hydrogen (secondary N) is 2. The molecule has 0 spiro atoms. The average Bonchev–Trinajstić information content (AvgIpc) is 3.15. The van der Waals surface area contributed by atoms with Crippen molar-refractivity contribution in [1.82, 2.24) is 15.1 Å². The number of hydrogen-bond donors (Lipinski definition) is 2. The van der Waals surface area contributed by atoms with Crippen LogP contribution in [0.1, 0.15) is 29.0 Å². The van der Waals surface area contributed by atoms with Crippen LogP contribution in [0.5, 0.6) is 0 Å². The molecule has 1 aromatic heterocycles. The molecule has 6 heteroatoms. The van der Waals surface area contributed by atoms with Gasteiger partial charge in [-0.2, -0.15) is 0 Å². The highest BCUT2D eigenvalue weighted by Gasteiger charge is 2.29. The van der Waals surface area contributed by atoms with Crippen molar-refractivity contribution >= 4 is 34.4 Å². The van der Waals surface area contributed by atoms with Crippen molar-refractivity contribution in [2.24, 2.45) is 0 Å². The molecule has 0 bridgehead atoms. The Bertz CT molecular complexity index is 752. The molecule has 0 unspecified atom stereocenters. The first-order valence-electron chi connectivity index (χ1n) is 9.55. The minimum Gasteiger partial charge on any atom is -0.358 e. The van der Waals surface area contributed by atoms with Crippen LogP contribution in [0.3, 0.4) is 0 Å². The number of piperazine rings is 1. The predicted octanol–water partition coefficient (Wildman–Crippen LogP) is 4.03. The molecular weight excluding hydrogens is 372 g/mol. The van der Waals surface area contributed by atoms with Crippen molar-refractivity contribution in [2.75, 3.05) is 38.5 Å². The Balaban J connectivity index is 1.69. The van der Waals surface area contributed by atoms with Crippen LogP contribution in [0.25, 0.3) is 0 Å². The highest BCUT2D eigenvalue weighted by atomic mass is 32.1. The van der Waals surface area contributed by atoms with E-state index in [1.165, 1.54) is 16.0 Å². The second kappa shape index (κ2) is 9.15. The molecule has 0 amide bonds. The Hall–Kier alpha value is -1.47. The Labute approximate surface area is 172 Å². The van der Waals surface area contributed by atoms with Gasteiger partial charge < -0.3 is 15.5 Å². The molecule has 1 aromatic carbocycles. The average molecular weight is 403 g/mol. The molecule has 2 aromatic rings. The highest BCUT2D eigenvalue weighted by Crippen LogP contribution is 2.29. The normalized spacial score (nSPS) is 18.1. The summed E-state index contributed by atoms with van der Waals surface area (Å²) in [5, 5.41) is 9.78. The summed E-state index contributed by atoms with van der Waals surface area (Å²) in [7, 11) is 2.20. The fourth-order valence-corrected chi connectivity index (χ4v) is 4.89. The van der Waals surface area contributed by atoms with Gasteiger partial charge in [0.1, 0.15) is 0 Å². The fourth-order valence-electron chi connectivity index (χ4n) is 3.63. The lowest BCUT2D eigenvalue weighted by Gasteiger charge is -2.40. The van der Waals surface area contributed by atoms with Crippen molar-refractivity contribution in [2.45, 2.75) is 32.9 Å². The number of anilines is 1. The molecule has 1 saturated heterocycles. The van der Waals surface area contributed by atoms with Gasteiger partial charge in [0.05, 0.1) is 6.04 Å². The summed E-state index contributed by atoms with van der Waals surface area (Å²) in [6, 6.07) is 11.2. The van der Waals surface area contributed by atoms with E-state index in [2.05, 4.69) is 84.0 Å². The van der Waals surface area contributed by atoms with E-state index in [1.807, 2.05) is 11.3 Å². The first-order chi connectivity index (χ1) is 13.0. The van der Waals surface area contributed by atoms with E-state index in [-0.39, 0.29) is 6.04 Å². The van der Waals surface area contributed by atoms with Crippen molar-refractivity contribution < 1.29 is 0 Å². The summed E-state index contributed by atoms with van der Waals surface area (Å²) in [4.78, 5) is 6.38. The van der Waals surface area contributed by atoms with Gasteiger partial charge in [0.15, 0.2) is 5.11 Å². The largest absolute Gasteiger partial charge is 0.358 e. The van der Waals surface area contributed by atoms with E-state index in [0.29, 0.717) is 11.2 Å². The summed E-state index contributed by atoms with van der Waals surface area (Å²) in [6.45, 7) is 10.9. The number of hydrogen-bond acceptors (Lipinski definition) is 4. The standard InChI is InChI=1S/C21H30N4S2/c1-15-7-5-8-18(16(15)2)23-21(26)22-17(3)20(19-9-6-14-27-19)25-12-10-24(4)11-13-25/h5-9,14,17,20H,10-13H2,1-4H3,(H2,22,23,26)/t17-,20+/m1/s1. The van der Waals surface area contributed by atoms with E-state index >= 15 is 0 Å². The molecule has 146 valence electrons. The number of rotatable bonds is 5. The maximum absolute atomic E-state index is 5.64. The van der Waals surface area contributed by atoms with E-state index in [0.717, 1.165) is 31.9 Å². The second-order valence-electron chi connectivity index (χ2n) is 7.43. The molecule has 27 heavy (non-hydrogen) atoms. The SMILES string of the molecule is Cc1cccc(NC(=S)N[C@H](C)[C@@H](c2cccs2)N2CCN(C)CC2)c1C.